The average Bonchev–Trinajstić information content (AvgIpc) is 2.45. The number of carbonyl (C=O) groups is 1. The molecule has 1 unspecified atom stereocenters. The SMILES string of the molecule is CC1N/C(=C/c2cccc(F)c2)C(=O)O1. The number of esters is 1. The molecule has 1 aromatic carbocycles. The minimum absolute atomic E-state index is 0.322. The molecule has 1 aromatic rings. The van der Waals surface area contributed by atoms with Crippen molar-refractivity contribution in [3.05, 3.63) is 41.3 Å². The highest BCUT2D eigenvalue weighted by molar-refractivity contribution is 5.94. The average molecular weight is 207 g/mol. The lowest BCUT2D eigenvalue weighted by Crippen LogP contribution is -2.16. The summed E-state index contributed by atoms with van der Waals surface area (Å²) in [6.07, 6.45) is 1.24. The fourth-order valence-corrected chi connectivity index (χ4v) is 1.40. The van der Waals surface area contributed by atoms with Gasteiger partial charge in [0.25, 0.3) is 0 Å². The van der Waals surface area contributed by atoms with Gasteiger partial charge in [-0.05, 0) is 30.7 Å². The van der Waals surface area contributed by atoms with Gasteiger partial charge in [-0.1, -0.05) is 12.1 Å². The second-order valence-corrected chi connectivity index (χ2v) is 3.30. The van der Waals surface area contributed by atoms with E-state index in [1.54, 1.807) is 25.1 Å². The topological polar surface area (TPSA) is 38.3 Å². The highest BCUT2D eigenvalue weighted by atomic mass is 19.1. The van der Waals surface area contributed by atoms with Crippen LogP contribution in [0.2, 0.25) is 0 Å². The van der Waals surface area contributed by atoms with E-state index in [4.69, 9.17) is 4.74 Å². The summed E-state index contributed by atoms with van der Waals surface area (Å²) in [5.74, 6) is -0.740. The molecule has 0 aliphatic carbocycles. The number of hydrogen-bond donors (Lipinski definition) is 1. The minimum atomic E-state index is -0.410. The number of carbonyl (C=O) groups excluding carboxylic acids is 1. The van der Waals surface area contributed by atoms with Gasteiger partial charge >= 0.3 is 5.97 Å². The van der Waals surface area contributed by atoms with Gasteiger partial charge in [0.05, 0.1) is 0 Å². The zero-order valence-corrected chi connectivity index (χ0v) is 8.16. The Balaban J connectivity index is 2.27. The van der Waals surface area contributed by atoms with Crippen molar-refractivity contribution in [2.45, 2.75) is 13.2 Å². The van der Waals surface area contributed by atoms with Crippen molar-refractivity contribution in [3.63, 3.8) is 0 Å². The van der Waals surface area contributed by atoms with Crippen molar-refractivity contribution in [1.82, 2.24) is 5.32 Å². The van der Waals surface area contributed by atoms with Crippen LogP contribution in [0.5, 0.6) is 0 Å². The lowest BCUT2D eigenvalue weighted by molar-refractivity contribution is -0.138. The zero-order valence-electron chi connectivity index (χ0n) is 8.16. The fourth-order valence-electron chi connectivity index (χ4n) is 1.40. The van der Waals surface area contributed by atoms with Crippen LogP contribution in [0.4, 0.5) is 4.39 Å². The molecule has 2 rings (SSSR count). The van der Waals surface area contributed by atoms with Gasteiger partial charge in [-0.3, -0.25) is 0 Å². The van der Waals surface area contributed by atoms with Crippen LogP contribution >= 0.6 is 0 Å². The Morgan fingerprint density at radius 3 is 2.93 bits per heavy atom. The molecule has 0 saturated carbocycles. The Hall–Kier alpha value is -1.84. The third kappa shape index (κ3) is 2.15. The normalized spacial score (nSPS) is 22.7. The lowest BCUT2D eigenvalue weighted by Gasteiger charge is -1.98. The van der Waals surface area contributed by atoms with Gasteiger partial charge in [-0.25, -0.2) is 9.18 Å². The van der Waals surface area contributed by atoms with Gasteiger partial charge in [-0.2, -0.15) is 0 Å². The van der Waals surface area contributed by atoms with Crippen molar-refractivity contribution < 1.29 is 13.9 Å². The first-order valence-electron chi connectivity index (χ1n) is 4.60. The number of benzene rings is 1. The summed E-state index contributed by atoms with van der Waals surface area (Å²) in [6.45, 7) is 1.73. The molecule has 15 heavy (non-hydrogen) atoms. The van der Waals surface area contributed by atoms with Crippen molar-refractivity contribution >= 4 is 12.0 Å². The van der Waals surface area contributed by atoms with E-state index in [1.807, 2.05) is 0 Å². The van der Waals surface area contributed by atoms with Gasteiger partial charge in [0.2, 0.25) is 0 Å². The molecule has 1 atom stereocenters. The predicted molar refractivity (Wildman–Crippen MR) is 53.1 cm³/mol. The Morgan fingerprint density at radius 2 is 2.33 bits per heavy atom. The maximum atomic E-state index is 12.8. The summed E-state index contributed by atoms with van der Waals surface area (Å²) in [5, 5.41) is 2.84. The first kappa shape index (κ1) is 9.71. The molecule has 1 aliphatic rings. The molecule has 3 nitrogen and oxygen atoms in total. The second kappa shape index (κ2) is 3.73. The van der Waals surface area contributed by atoms with Crippen molar-refractivity contribution in [2.24, 2.45) is 0 Å². The van der Waals surface area contributed by atoms with E-state index < -0.39 is 5.97 Å². The molecule has 0 radical (unpaired) electrons. The van der Waals surface area contributed by atoms with Crippen LogP contribution in [0, 0.1) is 5.82 Å². The molecular formula is C11H10FNO2. The molecule has 0 spiro atoms. The van der Waals surface area contributed by atoms with Crippen LogP contribution in [-0.2, 0) is 9.53 Å². The first-order valence-corrected chi connectivity index (χ1v) is 4.60. The number of rotatable bonds is 1. The molecule has 0 amide bonds. The van der Waals surface area contributed by atoms with Gasteiger partial charge < -0.3 is 10.1 Å². The van der Waals surface area contributed by atoms with E-state index in [2.05, 4.69) is 5.32 Å². The maximum absolute atomic E-state index is 12.8. The van der Waals surface area contributed by atoms with Gasteiger partial charge in [-0.15, -0.1) is 0 Å². The Kier molecular flexibility index (Phi) is 2.41. The smallest absolute Gasteiger partial charge is 0.356 e. The van der Waals surface area contributed by atoms with Crippen LogP contribution in [-0.4, -0.2) is 12.2 Å². The fraction of sp³-hybridized carbons (Fsp3) is 0.182. The van der Waals surface area contributed by atoms with Crippen LogP contribution in [0.15, 0.2) is 30.0 Å². The molecule has 1 saturated heterocycles. The van der Waals surface area contributed by atoms with Gasteiger partial charge in [0, 0.05) is 0 Å². The minimum Gasteiger partial charge on any atom is -0.437 e. The molecule has 0 aromatic heterocycles. The molecular weight excluding hydrogens is 197 g/mol. The highest BCUT2D eigenvalue weighted by Crippen LogP contribution is 2.13. The number of cyclic esters (lactones) is 1. The number of halogens is 1. The van der Waals surface area contributed by atoms with E-state index in [1.165, 1.54) is 12.1 Å². The molecule has 1 aliphatic heterocycles. The molecule has 78 valence electrons. The molecule has 0 bridgehead atoms. The van der Waals surface area contributed by atoms with Crippen molar-refractivity contribution in [1.29, 1.82) is 0 Å². The third-order valence-corrected chi connectivity index (χ3v) is 2.02. The summed E-state index contributed by atoms with van der Waals surface area (Å²) >= 11 is 0. The van der Waals surface area contributed by atoms with Crippen LogP contribution in [0.1, 0.15) is 12.5 Å². The Bertz CT molecular complexity index is 428. The zero-order chi connectivity index (χ0) is 10.8. The predicted octanol–water partition coefficient (Wildman–Crippen LogP) is 1.66. The van der Waals surface area contributed by atoms with E-state index >= 15 is 0 Å². The highest BCUT2D eigenvalue weighted by Gasteiger charge is 2.23. The Morgan fingerprint density at radius 1 is 1.53 bits per heavy atom. The monoisotopic (exact) mass is 207 g/mol. The quantitative estimate of drug-likeness (QED) is 0.562. The summed E-state index contributed by atoms with van der Waals surface area (Å²) in [4.78, 5) is 11.2. The summed E-state index contributed by atoms with van der Waals surface area (Å²) in [6, 6.07) is 6.01. The standard InChI is InChI=1S/C11H10FNO2/c1-7-13-10(11(14)15-7)6-8-3-2-4-9(12)5-8/h2-7,13H,1H3/b10-6+. The number of nitrogens with one attached hydrogen (secondary N) is 1. The summed E-state index contributed by atoms with van der Waals surface area (Å²) in [5.41, 5.74) is 0.983. The van der Waals surface area contributed by atoms with Crippen LogP contribution in [0.25, 0.3) is 6.08 Å². The summed E-state index contributed by atoms with van der Waals surface area (Å²) in [7, 11) is 0. The number of hydrogen-bond acceptors (Lipinski definition) is 3. The van der Waals surface area contributed by atoms with Gasteiger partial charge in [0.1, 0.15) is 11.5 Å². The van der Waals surface area contributed by atoms with Gasteiger partial charge in [0.15, 0.2) is 6.23 Å². The van der Waals surface area contributed by atoms with E-state index in [-0.39, 0.29) is 12.0 Å². The summed E-state index contributed by atoms with van der Waals surface area (Å²) < 4.78 is 17.7. The molecule has 1 fully saturated rings. The van der Waals surface area contributed by atoms with Crippen LogP contribution in [0.3, 0.4) is 0 Å². The van der Waals surface area contributed by atoms with Crippen molar-refractivity contribution in [3.8, 4) is 0 Å². The molecule has 4 heteroatoms. The third-order valence-electron chi connectivity index (χ3n) is 2.02. The molecule has 1 N–H and O–H groups in total. The Labute approximate surface area is 86.6 Å². The lowest BCUT2D eigenvalue weighted by atomic mass is 10.2. The maximum Gasteiger partial charge on any atom is 0.356 e. The van der Waals surface area contributed by atoms with Crippen molar-refractivity contribution in [2.75, 3.05) is 0 Å². The largest absolute Gasteiger partial charge is 0.437 e. The number of ether oxygens (including phenoxy) is 1. The first-order chi connectivity index (χ1) is 7.15. The van der Waals surface area contributed by atoms with E-state index in [0.717, 1.165) is 0 Å². The van der Waals surface area contributed by atoms with Crippen LogP contribution < -0.4 is 5.32 Å². The van der Waals surface area contributed by atoms with E-state index in [9.17, 15) is 9.18 Å². The second-order valence-electron chi connectivity index (χ2n) is 3.30. The molecule has 1 heterocycles. The van der Waals surface area contributed by atoms with E-state index in [0.29, 0.717) is 11.3 Å².